The third kappa shape index (κ3) is 4.08. The highest BCUT2D eigenvalue weighted by Gasteiger charge is 2.04. The van der Waals surface area contributed by atoms with Gasteiger partial charge in [0.25, 0.3) is 5.56 Å². The van der Waals surface area contributed by atoms with Crippen molar-refractivity contribution in [2.24, 2.45) is 0 Å². The first-order valence-electron chi connectivity index (χ1n) is 7.24. The van der Waals surface area contributed by atoms with Crippen LogP contribution in [0, 0.1) is 6.92 Å². The van der Waals surface area contributed by atoms with E-state index in [1.54, 1.807) is 0 Å². The van der Waals surface area contributed by atoms with E-state index in [9.17, 15) is 9.59 Å². The van der Waals surface area contributed by atoms with E-state index >= 15 is 0 Å². The largest absolute Gasteiger partial charge is 0.338 e. The molecular formula is C16H21N3O2. The highest BCUT2D eigenvalue weighted by molar-refractivity contribution is 5.79. The third-order valence-corrected chi connectivity index (χ3v) is 3.29. The standard InChI is InChI=1S/C16H21N3O2/c1-3-7-17-16(21)18-8-6-12-10-13-9-11(2)4-5-14(13)19-15(12)20/h4-5,9-10H,3,6-8H2,1-2H3,(H,19,20)(H2,17,18,21). The van der Waals surface area contributed by atoms with Crippen LogP contribution in [-0.2, 0) is 6.42 Å². The summed E-state index contributed by atoms with van der Waals surface area (Å²) in [5.74, 6) is 0. The summed E-state index contributed by atoms with van der Waals surface area (Å²) < 4.78 is 0. The molecule has 112 valence electrons. The monoisotopic (exact) mass is 287 g/mol. The topological polar surface area (TPSA) is 74.0 Å². The Hall–Kier alpha value is -2.30. The molecule has 3 N–H and O–H groups in total. The summed E-state index contributed by atoms with van der Waals surface area (Å²) >= 11 is 0. The fraction of sp³-hybridized carbons (Fsp3) is 0.375. The molecule has 1 aromatic heterocycles. The van der Waals surface area contributed by atoms with Crippen molar-refractivity contribution in [3.63, 3.8) is 0 Å². The van der Waals surface area contributed by atoms with Crippen molar-refractivity contribution in [1.82, 2.24) is 15.6 Å². The second-order valence-electron chi connectivity index (χ2n) is 5.15. The number of rotatable bonds is 5. The van der Waals surface area contributed by atoms with Gasteiger partial charge in [0, 0.05) is 24.2 Å². The van der Waals surface area contributed by atoms with Gasteiger partial charge in [0.15, 0.2) is 0 Å². The van der Waals surface area contributed by atoms with E-state index in [1.165, 1.54) is 0 Å². The smallest absolute Gasteiger partial charge is 0.314 e. The highest BCUT2D eigenvalue weighted by atomic mass is 16.2. The zero-order valence-electron chi connectivity index (χ0n) is 12.5. The number of amides is 2. The lowest BCUT2D eigenvalue weighted by Crippen LogP contribution is -2.37. The summed E-state index contributed by atoms with van der Waals surface area (Å²) in [6.45, 7) is 5.11. The van der Waals surface area contributed by atoms with Gasteiger partial charge in [0.2, 0.25) is 0 Å². The molecule has 2 rings (SSSR count). The predicted octanol–water partition coefficient (Wildman–Crippen LogP) is 2.09. The lowest BCUT2D eigenvalue weighted by atomic mass is 10.1. The zero-order valence-corrected chi connectivity index (χ0v) is 12.5. The maximum atomic E-state index is 12.0. The Bertz CT molecular complexity index is 691. The fourth-order valence-corrected chi connectivity index (χ4v) is 2.17. The Morgan fingerprint density at radius 2 is 1.95 bits per heavy atom. The van der Waals surface area contributed by atoms with Crippen molar-refractivity contribution in [2.75, 3.05) is 13.1 Å². The van der Waals surface area contributed by atoms with Gasteiger partial charge in [0.1, 0.15) is 0 Å². The van der Waals surface area contributed by atoms with Crippen LogP contribution in [0.1, 0.15) is 24.5 Å². The van der Waals surface area contributed by atoms with Crippen LogP contribution in [-0.4, -0.2) is 24.1 Å². The van der Waals surface area contributed by atoms with Gasteiger partial charge in [-0.3, -0.25) is 4.79 Å². The number of aryl methyl sites for hydroxylation is 1. The van der Waals surface area contributed by atoms with E-state index in [4.69, 9.17) is 0 Å². The van der Waals surface area contributed by atoms with E-state index in [-0.39, 0.29) is 11.6 Å². The first-order chi connectivity index (χ1) is 10.1. The number of aromatic nitrogens is 1. The number of carbonyl (C=O) groups is 1. The molecule has 21 heavy (non-hydrogen) atoms. The number of urea groups is 1. The van der Waals surface area contributed by atoms with Crippen LogP contribution in [0.4, 0.5) is 4.79 Å². The molecule has 1 aromatic carbocycles. The number of hydrogen-bond acceptors (Lipinski definition) is 2. The quantitative estimate of drug-likeness (QED) is 0.787. The van der Waals surface area contributed by atoms with Crippen LogP contribution in [0.5, 0.6) is 0 Å². The van der Waals surface area contributed by atoms with Crippen molar-refractivity contribution in [3.8, 4) is 0 Å². The molecule has 0 fully saturated rings. The summed E-state index contributed by atoms with van der Waals surface area (Å²) in [4.78, 5) is 26.3. The van der Waals surface area contributed by atoms with Gasteiger partial charge in [-0.2, -0.15) is 0 Å². The number of pyridine rings is 1. The van der Waals surface area contributed by atoms with Gasteiger partial charge in [0.05, 0.1) is 0 Å². The minimum Gasteiger partial charge on any atom is -0.338 e. The van der Waals surface area contributed by atoms with Crippen molar-refractivity contribution < 1.29 is 4.79 Å². The molecule has 0 unspecified atom stereocenters. The number of benzene rings is 1. The zero-order chi connectivity index (χ0) is 15.2. The SMILES string of the molecule is CCCNC(=O)NCCc1cc2cc(C)ccc2[nH]c1=O. The van der Waals surface area contributed by atoms with Gasteiger partial charge in [-0.15, -0.1) is 0 Å². The number of nitrogens with one attached hydrogen (secondary N) is 3. The van der Waals surface area contributed by atoms with E-state index in [0.717, 1.165) is 22.9 Å². The fourth-order valence-electron chi connectivity index (χ4n) is 2.17. The van der Waals surface area contributed by atoms with E-state index in [0.29, 0.717) is 25.1 Å². The molecule has 0 aliphatic heterocycles. The third-order valence-electron chi connectivity index (χ3n) is 3.29. The van der Waals surface area contributed by atoms with E-state index in [2.05, 4.69) is 15.6 Å². The maximum absolute atomic E-state index is 12.0. The number of fused-ring (bicyclic) bond motifs is 1. The molecule has 0 radical (unpaired) electrons. The second-order valence-corrected chi connectivity index (χ2v) is 5.15. The molecule has 1 heterocycles. The van der Waals surface area contributed by atoms with Crippen molar-refractivity contribution in [1.29, 1.82) is 0 Å². The van der Waals surface area contributed by atoms with Gasteiger partial charge < -0.3 is 15.6 Å². The maximum Gasteiger partial charge on any atom is 0.314 e. The Morgan fingerprint density at radius 1 is 1.19 bits per heavy atom. The van der Waals surface area contributed by atoms with Crippen LogP contribution >= 0.6 is 0 Å². The predicted molar refractivity (Wildman–Crippen MR) is 84.7 cm³/mol. The lowest BCUT2D eigenvalue weighted by Gasteiger charge is -2.07. The van der Waals surface area contributed by atoms with Crippen LogP contribution in [0.15, 0.2) is 29.1 Å². The second kappa shape index (κ2) is 6.92. The van der Waals surface area contributed by atoms with Crippen molar-refractivity contribution in [3.05, 3.63) is 45.7 Å². The summed E-state index contributed by atoms with van der Waals surface area (Å²) in [6.07, 6.45) is 1.41. The van der Waals surface area contributed by atoms with Crippen molar-refractivity contribution >= 4 is 16.9 Å². The normalized spacial score (nSPS) is 10.6. The Balaban J connectivity index is 2.03. The number of H-pyrrole nitrogens is 1. The number of hydrogen-bond donors (Lipinski definition) is 3. The minimum absolute atomic E-state index is 0.0953. The molecule has 2 aromatic rings. The summed E-state index contributed by atoms with van der Waals surface area (Å²) in [6, 6.07) is 7.62. The molecule has 5 heteroatoms. The van der Waals surface area contributed by atoms with Gasteiger partial charge in [-0.25, -0.2) is 4.79 Å². The highest BCUT2D eigenvalue weighted by Crippen LogP contribution is 2.13. The molecule has 0 saturated carbocycles. The molecule has 0 saturated heterocycles. The minimum atomic E-state index is -0.190. The average Bonchev–Trinajstić information content (AvgIpc) is 2.46. The first-order valence-corrected chi connectivity index (χ1v) is 7.24. The number of carbonyl (C=O) groups excluding carboxylic acids is 1. The average molecular weight is 287 g/mol. The molecule has 0 atom stereocenters. The molecule has 0 bridgehead atoms. The Kier molecular flexibility index (Phi) is 4.98. The first kappa shape index (κ1) is 15.1. The summed E-state index contributed by atoms with van der Waals surface area (Å²) in [7, 11) is 0. The molecule has 0 aliphatic carbocycles. The van der Waals surface area contributed by atoms with E-state index < -0.39 is 0 Å². The van der Waals surface area contributed by atoms with Crippen LogP contribution in [0.3, 0.4) is 0 Å². The van der Waals surface area contributed by atoms with Crippen LogP contribution < -0.4 is 16.2 Å². The molecule has 0 aliphatic rings. The Labute approximate surface area is 123 Å². The molecule has 2 amide bonds. The van der Waals surface area contributed by atoms with Gasteiger partial charge in [-0.05, 0) is 43.4 Å². The van der Waals surface area contributed by atoms with Gasteiger partial charge in [-0.1, -0.05) is 18.6 Å². The Morgan fingerprint density at radius 3 is 2.71 bits per heavy atom. The molecule has 5 nitrogen and oxygen atoms in total. The summed E-state index contributed by atoms with van der Waals surface area (Å²) in [5, 5.41) is 6.50. The molecule has 0 spiro atoms. The van der Waals surface area contributed by atoms with Crippen LogP contribution in [0.25, 0.3) is 10.9 Å². The lowest BCUT2D eigenvalue weighted by molar-refractivity contribution is 0.241. The van der Waals surface area contributed by atoms with Crippen molar-refractivity contribution in [2.45, 2.75) is 26.7 Å². The summed E-state index contributed by atoms with van der Waals surface area (Å²) in [5.41, 5.74) is 2.58. The van der Waals surface area contributed by atoms with Crippen LogP contribution in [0.2, 0.25) is 0 Å². The van der Waals surface area contributed by atoms with Gasteiger partial charge >= 0.3 is 6.03 Å². The van der Waals surface area contributed by atoms with E-state index in [1.807, 2.05) is 38.1 Å². The number of aromatic amines is 1. The molecular weight excluding hydrogens is 266 g/mol.